The van der Waals surface area contributed by atoms with E-state index in [2.05, 4.69) is 15.3 Å². The third-order valence-corrected chi connectivity index (χ3v) is 2.78. The molecule has 0 aliphatic heterocycles. The van der Waals surface area contributed by atoms with Crippen LogP contribution in [-0.4, -0.2) is 15.9 Å². The van der Waals surface area contributed by atoms with E-state index in [-0.39, 0.29) is 12.3 Å². The van der Waals surface area contributed by atoms with Gasteiger partial charge in [-0.3, -0.25) is 9.78 Å². The molecule has 0 atom stereocenters. The minimum atomic E-state index is -0.505. The molecular formula is C14H11N3O3. The van der Waals surface area contributed by atoms with Gasteiger partial charge >= 0.3 is 5.76 Å². The van der Waals surface area contributed by atoms with Crippen molar-refractivity contribution in [2.24, 2.45) is 0 Å². The second kappa shape index (κ2) is 5.00. The smallest absolute Gasteiger partial charge is 0.408 e. The molecule has 0 saturated carbocycles. The van der Waals surface area contributed by atoms with E-state index in [0.29, 0.717) is 16.9 Å². The summed E-state index contributed by atoms with van der Waals surface area (Å²) >= 11 is 0. The standard InChI is InChI=1S/C14H11N3O3/c18-13(17-12-3-1-2-6-15-12)8-9-4-5-11-10(7-9)16-14(19)20-11/h1-7H,8H2,(H,16,19)(H,15,17,18). The van der Waals surface area contributed by atoms with E-state index in [1.54, 1.807) is 42.6 Å². The summed E-state index contributed by atoms with van der Waals surface area (Å²) in [5.74, 6) is -0.167. The Kier molecular flexibility index (Phi) is 3.04. The lowest BCUT2D eigenvalue weighted by atomic mass is 10.1. The Morgan fingerprint density at radius 3 is 3.00 bits per heavy atom. The van der Waals surface area contributed by atoms with Crippen LogP contribution in [0.2, 0.25) is 0 Å². The molecule has 0 fully saturated rings. The number of aromatic amines is 1. The van der Waals surface area contributed by atoms with Gasteiger partial charge < -0.3 is 9.73 Å². The summed E-state index contributed by atoms with van der Waals surface area (Å²) in [6.45, 7) is 0. The van der Waals surface area contributed by atoms with E-state index in [0.717, 1.165) is 5.56 Å². The summed E-state index contributed by atoms with van der Waals surface area (Å²) in [6.07, 6.45) is 1.80. The molecule has 3 aromatic rings. The van der Waals surface area contributed by atoms with Crippen molar-refractivity contribution < 1.29 is 9.21 Å². The molecule has 3 rings (SSSR count). The lowest BCUT2D eigenvalue weighted by Crippen LogP contribution is -2.15. The predicted octanol–water partition coefficient (Wildman–Crippen LogP) is 1.70. The predicted molar refractivity (Wildman–Crippen MR) is 73.4 cm³/mol. The molecule has 2 N–H and O–H groups in total. The van der Waals surface area contributed by atoms with Crippen LogP contribution in [0.3, 0.4) is 0 Å². The molecule has 6 heteroatoms. The summed E-state index contributed by atoms with van der Waals surface area (Å²) in [4.78, 5) is 29.5. The average molecular weight is 269 g/mol. The Morgan fingerprint density at radius 1 is 1.30 bits per heavy atom. The molecule has 0 radical (unpaired) electrons. The molecule has 1 aromatic carbocycles. The number of pyridine rings is 1. The van der Waals surface area contributed by atoms with E-state index in [1.165, 1.54) is 0 Å². The second-order valence-electron chi connectivity index (χ2n) is 4.28. The summed E-state index contributed by atoms with van der Waals surface area (Å²) in [6, 6.07) is 10.4. The van der Waals surface area contributed by atoms with Gasteiger partial charge in [0.2, 0.25) is 5.91 Å². The van der Waals surface area contributed by atoms with Gasteiger partial charge in [0.05, 0.1) is 11.9 Å². The number of anilines is 1. The summed E-state index contributed by atoms with van der Waals surface area (Å²) < 4.78 is 4.90. The van der Waals surface area contributed by atoms with Crippen molar-refractivity contribution in [3.8, 4) is 0 Å². The molecule has 0 aliphatic rings. The SMILES string of the molecule is O=C(Cc1ccc2oc(=O)[nH]c2c1)Nc1ccccn1. The zero-order valence-corrected chi connectivity index (χ0v) is 10.4. The van der Waals surface area contributed by atoms with E-state index in [1.807, 2.05) is 0 Å². The fourth-order valence-corrected chi connectivity index (χ4v) is 1.92. The zero-order chi connectivity index (χ0) is 13.9. The minimum Gasteiger partial charge on any atom is -0.408 e. The molecule has 1 amide bonds. The number of nitrogens with zero attached hydrogens (tertiary/aromatic N) is 1. The van der Waals surface area contributed by atoms with Crippen molar-refractivity contribution in [2.75, 3.05) is 5.32 Å². The molecule has 0 bridgehead atoms. The number of benzene rings is 1. The van der Waals surface area contributed by atoms with E-state index < -0.39 is 5.76 Å². The number of carbonyl (C=O) groups excluding carboxylic acids is 1. The normalized spacial score (nSPS) is 10.6. The molecule has 0 aliphatic carbocycles. The van der Waals surface area contributed by atoms with Crippen molar-refractivity contribution >= 4 is 22.8 Å². The number of carbonyl (C=O) groups is 1. The largest absolute Gasteiger partial charge is 0.417 e. The van der Waals surface area contributed by atoms with Gasteiger partial charge in [0, 0.05) is 6.20 Å². The highest BCUT2D eigenvalue weighted by Crippen LogP contribution is 2.13. The van der Waals surface area contributed by atoms with Crippen LogP contribution in [0.5, 0.6) is 0 Å². The first-order chi connectivity index (χ1) is 9.70. The fourth-order valence-electron chi connectivity index (χ4n) is 1.92. The maximum atomic E-state index is 11.9. The molecule has 0 spiro atoms. The maximum Gasteiger partial charge on any atom is 0.417 e. The highest BCUT2D eigenvalue weighted by Gasteiger charge is 2.07. The van der Waals surface area contributed by atoms with Crippen LogP contribution >= 0.6 is 0 Å². The Bertz CT molecular complexity index is 805. The van der Waals surface area contributed by atoms with Crippen LogP contribution in [0.25, 0.3) is 11.1 Å². The molecule has 0 saturated heterocycles. The van der Waals surface area contributed by atoms with E-state index >= 15 is 0 Å². The maximum absolute atomic E-state index is 11.9. The molecule has 0 unspecified atom stereocenters. The quantitative estimate of drug-likeness (QED) is 0.757. The van der Waals surface area contributed by atoms with Crippen LogP contribution in [0.1, 0.15) is 5.56 Å². The van der Waals surface area contributed by atoms with Crippen LogP contribution in [0.4, 0.5) is 5.82 Å². The van der Waals surface area contributed by atoms with Crippen molar-refractivity contribution in [2.45, 2.75) is 6.42 Å². The van der Waals surface area contributed by atoms with E-state index in [9.17, 15) is 9.59 Å². The third-order valence-electron chi connectivity index (χ3n) is 2.78. The molecule has 100 valence electrons. The lowest BCUT2D eigenvalue weighted by Gasteiger charge is -2.04. The first kappa shape index (κ1) is 12.2. The number of nitrogens with one attached hydrogen (secondary N) is 2. The number of aromatic nitrogens is 2. The Morgan fingerprint density at radius 2 is 2.20 bits per heavy atom. The molecule has 6 nitrogen and oxygen atoms in total. The average Bonchev–Trinajstić information content (AvgIpc) is 2.79. The summed E-state index contributed by atoms with van der Waals surface area (Å²) in [7, 11) is 0. The van der Waals surface area contributed by atoms with Gasteiger partial charge in [0.25, 0.3) is 0 Å². The molecule has 20 heavy (non-hydrogen) atoms. The van der Waals surface area contributed by atoms with Gasteiger partial charge in [-0.25, -0.2) is 9.78 Å². The highest BCUT2D eigenvalue weighted by molar-refractivity contribution is 5.91. The van der Waals surface area contributed by atoms with Crippen LogP contribution < -0.4 is 11.1 Å². The minimum absolute atomic E-state index is 0.172. The first-order valence-electron chi connectivity index (χ1n) is 6.03. The Balaban J connectivity index is 1.75. The zero-order valence-electron chi connectivity index (χ0n) is 10.4. The van der Waals surface area contributed by atoms with Gasteiger partial charge in [-0.1, -0.05) is 12.1 Å². The van der Waals surface area contributed by atoms with Gasteiger partial charge in [0.1, 0.15) is 5.82 Å². The summed E-state index contributed by atoms with van der Waals surface area (Å²) in [5, 5.41) is 2.70. The van der Waals surface area contributed by atoms with Crippen molar-refractivity contribution in [1.82, 2.24) is 9.97 Å². The van der Waals surface area contributed by atoms with Gasteiger partial charge in [-0.05, 0) is 29.8 Å². The number of fused-ring (bicyclic) bond motifs is 1. The number of rotatable bonds is 3. The van der Waals surface area contributed by atoms with Gasteiger partial charge in [-0.15, -0.1) is 0 Å². The van der Waals surface area contributed by atoms with Crippen LogP contribution in [0.15, 0.2) is 51.8 Å². The van der Waals surface area contributed by atoms with Crippen molar-refractivity contribution in [3.63, 3.8) is 0 Å². The van der Waals surface area contributed by atoms with Crippen LogP contribution in [0, 0.1) is 0 Å². The Labute approximate surface area is 113 Å². The van der Waals surface area contributed by atoms with Crippen molar-refractivity contribution in [3.05, 3.63) is 58.7 Å². The van der Waals surface area contributed by atoms with Gasteiger partial charge in [-0.2, -0.15) is 0 Å². The number of hydrogen-bond acceptors (Lipinski definition) is 4. The number of H-pyrrole nitrogens is 1. The van der Waals surface area contributed by atoms with Gasteiger partial charge in [0.15, 0.2) is 5.58 Å². The lowest BCUT2D eigenvalue weighted by molar-refractivity contribution is -0.115. The molecular weight excluding hydrogens is 258 g/mol. The third kappa shape index (κ3) is 2.59. The first-order valence-corrected chi connectivity index (χ1v) is 6.03. The highest BCUT2D eigenvalue weighted by atomic mass is 16.4. The second-order valence-corrected chi connectivity index (χ2v) is 4.28. The monoisotopic (exact) mass is 269 g/mol. The number of amides is 1. The number of oxazole rings is 1. The van der Waals surface area contributed by atoms with E-state index in [4.69, 9.17) is 4.42 Å². The molecule has 2 aromatic heterocycles. The number of hydrogen-bond donors (Lipinski definition) is 2. The topological polar surface area (TPSA) is 88.0 Å². The van der Waals surface area contributed by atoms with Crippen molar-refractivity contribution in [1.29, 1.82) is 0 Å². The van der Waals surface area contributed by atoms with Crippen LogP contribution in [-0.2, 0) is 11.2 Å². The summed E-state index contributed by atoms with van der Waals surface area (Å²) in [5.41, 5.74) is 1.84. The fraction of sp³-hybridized carbons (Fsp3) is 0.0714. The molecule has 2 heterocycles. The Hall–Kier alpha value is -2.89.